The fraction of sp³-hybridized carbons (Fsp3) is 0.625. The van der Waals surface area contributed by atoms with Gasteiger partial charge in [0.2, 0.25) is 0 Å². The number of hydrogen-bond donors (Lipinski definition) is 2. The molecule has 1 amide bonds. The van der Waals surface area contributed by atoms with E-state index in [0.717, 1.165) is 32.0 Å². The van der Waals surface area contributed by atoms with E-state index in [0.29, 0.717) is 22.8 Å². The summed E-state index contributed by atoms with van der Waals surface area (Å²) < 4.78 is 0.664. The molecule has 0 aliphatic carbocycles. The lowest BCUT2D eigenvalue weighted by atomic mass is 10.1. The van der Waals surface area contributed by atoms with E-state index in [1.165, 1.54) is 0 Å². The standard InChI is InChI=1S/C16H26BrN5O/c1-4-21(5-2)11(3)8-19-16(23)12-6-14(17)20-15(7-12)22-9-13(18)10-22/h6-7,11,13H,4-5,8-10,18H2,1-3H3,(H,19,23)/t11-/m0/s1. The fourth-order valence-corrected chi connectivity index (χ4v) is 3.22. The highest BCUT2D eigenvalue weighted by Crippen LogP contribution is 2.22. The van der Waals surface area contributed by atoms with E-state index in [9.17, 15) is 4.79 Å². The molecular formula is C16H26BrN5O. The first-order valence-electron chi connectivity index (χ1n) is 8.14. The average Bonchev–Trinajstić information content (AvgIpc) is 2.50. The highest BCUT2D eigenvalue weighted by Gasteiger charge is 2.25. The smallest absolute Gasteiger partial charge is 0.251 e. The van der Waals surface area contributed by atoms with Crippen molar-refractivity contribution in [2.45, 2.75) is 32.9 Å². The molecule has 1 atom stereocenters. The largest absolute Gasteiger partial charge is 0.353 e. The number of halogens is 1. The number of carbonyl (C=O) groups is 1. The molecule has 23 heavy (non-hydrogen) atoms. The van der Waals surface area contributed by atoms with Crippen molar-refractivity contribution in [3.63, 3.8) is 0 Å². The number of likely N-dealkylation sites (N-methyl/N-ethyl adjacent to an activating group) is 1. The van der Waals surface area contributed by atoms with Crippen LogP contribution in [0.5, 0.6) is 0 Å². The number of nitrogens with zero attached hydrogens (tertiary/aromatic N) is 3. The number of hydrogen-bond acceptors (Lipinski definition) is 5. The lowest BCUT2D eigenvalue weighted by molar-refractivity contribution is 0.0938. The summed E-state index contributed by atoms with van der Waals surface area (Å²) in [5.41, 5.74) is 6.43. The van der Waals surface area contributed by atoms with Gasteiger partial charge in [-0.15, -0.1) is 0 Å². The molecule has 2 rings (SSSR count). The third-order valence-corrected chi connectivity index (χ3v) is 4.68. The summed E-state index contributed by atoms with van der Waals surface area (Å²) in [5, 5.41) is 3.01. The molecule has 0 radical (unpaired) electrons. The van der Waals surface area contributed by atoms with Gasteiger partial charge in [-0.05, 0) is 48.1 Å². The zero-order chi connectivity index (χ0) is 17.0. The average molecular weight is 384 g/mol. The van der Waals surface area contributed by atoms with Gasteiger partial charge in [0.15, 0.2) is 0 Å². The normalized spacial score (nSPS) is 16.3. The Morgan fingerprint density at radius 3 is 2.70 bits per heavy atom. The molecule has 3 N–H and O–H groups in total. The van der Waals surface area contributed by atoms with Crippen LogP contribution >= 0.6 is 15.9 Å². The number of nitrogens with one attached hydrogen (secondary N) is 1. The van der Waals surface area contributed by atoms with Gasteiger partial charge in [0, 0.05) is 37.3 Å². The minimum absolute atomic E-state index is 0.0711. The molecule has 7 heteroatoms. The van der Waals surface area contributed by atoms with Gasteiger partial charge in [0.1, 0.15) is 10.4 Å². The van der Waals surface area contributed by atoms with Crippen LogP contribution in [0, 0.1) is 0 Å². The molecular weight excluding hydrogens is 358 g/mol. The monoisotopic (exact) mass is 383 g/mol. The maximum Gasteiger partial charge on any atom is 0.251 e. The summed E-state index contributed by atoms with van der Waals surface area (Å²) in [5.74, 6) is 0.723. The topological polar surface area (TPSA) is 74.5 Å². The lowest BCUT2D eigenvalue weighted by Crippen LogP contribution is -2.56. The van der Waals surface area contributed by atoms with Gasteiger partial charge in [0.25, 0.3) is 5.91 Å². The van der Waals surface area contributed by atoms with Crippen molar-refractivity contribution in [2.75, 3.05) is 37.6 Å². The predicted molar refractivity (Wildman–Crippen MR) is 96.8 cm³/mol. The number of nitrogens with two attached hydrogens (primary N) is 1. The summed E-state index contributed by atoms with van der Waals surface area (Å²) >= 11 is 3.39. The predicted octanol–water partition coefficient (Wildman–Crippen LogP) is 1.45. The second-order valence-corrected chi connectivity index (χ2v) is 6.79. The first kappa shape index (κ1) is 18.2. The lowest BCUT2D eigenvalue weighted by Gasteiger charge is -2.38. The molecule has 0 unspecified atom stereocenters. The summed E-state index contributed by atoms with van der Waals surface area (Å²) in [4.78, 5) is 21.2. The number of amides is 1. The van der Waals surface area contributed by atoms with Gasteiger partial charge in [-0.25, -0.2) is 4.98 Å². The number of carbonyl (C=O) groups excluding carboxylic acids is 1. The summed E-state index contributed by atoms with van der Waals surface area (Å²) in [7, 11) is 0. The minimum Gasteiger partial charge on any atom is -0.353 e. The Hall–Kier alpha value is -1.18. The van der Waals surface area contributed by atoms with Crippen molar-refractivity contribution in [1.82, 2.24) is 15.2 Å². The highest BCUT2D eigenvalue weighted by atomic mass is 79.9. The van der Waals surface area contributed by atoms with Crippen LogP contribution in [0.2, 0.25) is 0 Å². The Bertz CT molecular complexity index is 543. The van der Waals surface area contributed by atoms with Crippen LogP contribution in [0.15, 0.2) is 16.7 Å². The van der Waals surface area contributed by atoms with Crippen LogP contribution in [0.3, 0.4) is 0 Å². The Labute approximate surface area is 146 Å². The van der Waals surface area contributed by atoms with Gasteiger partial charge < -0.3 is 16.0 Å². The number of pyridine rings is 1. The van der Waals surface area contributed by atoms with Crippen LogP contribution in [0.1, 0.15) is 31.1 Å². The van der Waals surface area contributed by atoms with E-state index in [-0.39, 0.29) is 11.9 Å². The zero-order valence-electron chi connectivity index (χ0n) is 14.1. The van der Waals surface area contributed by atoms with E-state index in [1.54, 1.807) is 6.07 Å². The third kappa shape index (κ3) is 4.65. The Balaban J connectivity index is 1.99. The maximum atomic E-state index is 12.4. The molecule has 1 aromatic heterocycles. The van der Waals surface area contributed by atoms with Crippen molar-refractivity contribution in [2.24, 2.45) is 5.73 Å². The van der Waals surface area contributed by atoms with Crippen molar-refractivity contribution in [3.8, 4) is 0 Å². The molecule has 0 spiro atoms. The van der Waals surface area contributed by atoms with E-state index in [4.69, 9.17) is 5.73 Å². The molecule has 0 bridgehead atoms. The second kappa shape index (κ2) is 8.08. The molecule has 2 heterocycles. The Morgan fingerprint density at radius 2 is 2.13 bits per heavy atom. The number of aromatic nitrogens is 1. The van der Waals surface area contributed by atoms with Crippen LogP contribution in [0.4, 0.5) is 5.82 Å². The van der Waals surface area contributed by atoms with Crippen LogP contribution in [-0.2, 0) is 0 Å². The molecule has 0 aromatic carbocycles. The summed E-state index contributed by atoms with van der Waals surface area (Å²) in [6.45, 7) is 10.5. The van der Waals surface area contributed by atoms with E-state index >= 15 is 0 Å². The van der Waals surface area contributed by atoms with Gasteiger partial charge in [-0.3, -0.25) is 9.69 Å². The molecule has 1 aliphatic heterocycles. The molecule has 1 saturated heterocycles. The van der Waals surface area contributed by atoms with Gasteiger partial charge >= 0.3 is 0 Å². The first-order chi connectivity index (χ1) is 10.9. The minimum atomic E-state index is -0.0711. The molecule has 128 valence electrons. The van der Waals surface area contributed by atoms with Crippen molar-refractivity contribution < 1.29 is 4.79 Å². The first-order valence-corrected chi connectivity index (χ1v) is 8.94. The second-order valence-electron chi connectivity index (χ2n) is 5.98. The Morgan fingerprint density at radius 1 is 1.48 bits per heavy atom. The summed E-state index contributed by atoms with van der Waals surface area (Å²) in [6, 6.07) is 4.09. The quantitative estimate of drug-likeness (QED) is 0.697. The van der Waals surface area contributed by atoms with E-state index in [2.05, 4.69) is 56.8 Å². The summed E-state index contributed by atoms with van der Waals surface area (Å²) in [6.07, 6.45) is 0. The van der Waals surface area contributed by atoms with Crippen LogP contribution < -0.4 is 16.0 Å². The molecule has 6 nitrogen and oxygen atoms in total. The SMILES string of the molecule is CCN(CC)[C@@H](C)CNC(=O)c1cc(Br)nc(N2CC(N)C2)c1. The molecule has 1 fully saturated rings. The molecule has 1 aromatic rings. The third-order valence-electron chi connectivity index (χ3n) is 4.27. The highest BCUT2D eigenvalue weighted by molar-refractivity contribution is 9.10. The van der Waals surface area contributed by atoms with Crippen LogP contribution in [-0.4, -0.2) is 60.6 Å². The van der Waals surface area contributed by atoms with Gasteiger partial charge in [-0.1, -0.05) is 13.8 Å². The molecule has 0 saturated carbocycles. The van der Waals surface area contributed by atoms with Crippen molar-refractivity contribution in [1.29, 1.82) is 0 Å². The molecule has 1 aliphatic rings. The van der Waals surface area contributed by atoms with Crippen molar-refractivity contribution in [3.05, 3.63) is 22.3 Å². The Kier molecular flexibility index (Phi) is 6.38. The number of rotatable bonds is 7. The van der Waals surface area contributed by atoms with Gasteiger partial charge in [0.05, 0.1) is 0 Å². The van der Waals surface area contributed by atoms with Gasteiger partial charge in [-0.2, -0.15) is 0 Å². The van der Waals surface area contributed by atoms with Crippen LogP contribution in [0.25, 0.3) is 0 Å². The number of anilines is 1. The fourth-order valence-electron chi connectivity index (χ4n) is 2.79. The maximum absolute atomic E-state index is 12.4. The van der Waals surface area contributed by atoms with Crippen molar-refractivity contribution >= 4 is 27.7 Å². The van der Waals surface area contributed by atoms with E-state index in [1.807, 2.05) is 6.07 Å². The van der Waals surface area contributed by atoms with E-state index < -0.39 is 0 Å². The zero-order valence-corrected chi connectivity index (χ0v) is 15.6.